The lowest BCUT2D eigenvalue weighted by molar-refractivity contribution is 0.846. The van der Waals surface area contributed by atoms with Crippen molar-refractivity contribution in [2.45, 2.75) is 30.5 Å². The number of thiazole rings is 1. The molecule has 0 spiro atoms. The Morgan fingerprint density at radius 1 is 1.47 bits per heavy atom. The summed E-state index contributed by atoms with van der Waals surface area (Å²) in [7, 11) is 0. The zero-order chi connectivity index (χ0) is 12.3. The maximum atomic E-state index is 5.84. The summed E-state index contributed by atoms with van der Waals surface area (Å²) in [5.74, 6) is 1.32. The van der Waals surface area contributed by atoms with Crippen molar-refractivity contribution in [3.8, 4) is 0 Å². The van der Waals surface area contributed by atoms with Gasteiger partial charge in [-0.3, -0.25) is 0 Å². The number of pyridine rings is 1. The lowest BCUT2D eigenvalue weighted by Gasteiger charge is -2.01. The van der Waals surface area contributed by atoms with E-state index in [9.17, 15) is 0 Å². The van der Waals surface area contributed by atoms with Gasteiger partial charge in [-0.05, 0) is 12.1 Å². The number of nitrogen functional groups attached to an aromatic ring is 1. The maximum Gasteiger partial charge on any atom is 0.119 e. The first-order chi connectivity index (χ1) is 8.16. The van der Waals surface area contributed by atoms with Gasteiger partial charge in [0, 0.05) is 23.2 Å². The van der Waals surface area contributed by atoms with E-state index >= 15 is 0 Å². The fraction of sp³-hybridized carbons (Fsp3) is 0.333. The van der Waals surface area contributed by atoms with Gasteiger partial charge in [0.2, 0.25) is 0 Å². The van der Waals surface area contributed by atoms with Crippen LogP contribution in [0.15, 0.2) is 28.7 Å². The Morgan fingerprint density at radius 2 is 2.29 bits per heavy atom. The Labute approximate surface area is 109 Å². The first-order valence-electron chi connectivity index (χ1n) is 5.44. The highest BCUT2D eigenvalue weighted by molar-refractivity contribution is 7.98. The Hall–Kier alpha value is -1.07. The molecule has 0 unspecified atom stereocenters. The summed E-state index contributed by atoms with van der Waals surface area (Å²) >= 11 is 3.35. The number of rotatable bonds is 4. The van der Waals surface area contributed by atoms with Crippen molar-refractivity contribution in [3.05, 3.63) is 34.4 Å². The van der Waals surface area contributed by atoms with E-state index < -0.39 is 0 Å². The second-order valence-electron chi connectivity index (χ2n) is 4.02. The standard InChI is InChI=1S/C12H15N3S2/c1-8(2)11-15-9(6-16-11)7-17-12-10(13)4-3-5-14-12/h3-6,8H,7,13H2,1-2H3. The third-order valence-electron chi connectivity index (χ3n) is 2.22. The molecule has 0 aromatic carbocycles. The molecule has 0 atom stereocenters. The molecule has 2 aromatic rings. The van der Waals surface area contributed by atoms with Crippen LogP contribution in [0.1, 0.15) is 30.5 Å². The van der Waals surface area contributed by atoms with Gasteiger partial charge in [0.15, 0.2) is 0 Å². The molecule has 0 aliphatic heterocycles. The van der Waals surface area contributed by atoms with Crippen LogP contribution in [0.3, 0.4) is 0 Å². The minimum absolute atomic E-state index is 0.499. The molecule has 90 valence electrons. The van der Waals surface area contributed by atoms with Crippen LogP contribution in [0.5, 0.6) is 0 Å². The summed E-state index contributed by atoms with van der Waals surface area (Å²) in [6, 6.07) is 3.72. The van der Waals surface area contributed by atoms with Crippen LogP contribution in [0, 0.1) is 0 Å². The summed E-state index contributed by atoms with van der Waals surface area (Å²) in [5.41, 5.74) is 7.68. The topological polar surface area (TPSA) is 51.8 Å². The lowest BCUT2D eigenvalue weighted by Crippen LogP contribution is -1.92. The second kappa shape index (κ2) is 5.51. The fourth-order valence-corrected chi connectivity index (χ4v) is 3.06. The highest BCUT2D eigenvalue weighted by Gasteiger charge is 2.07. The Kier molecular flexibility index (Phi) is 4.02. The van der Waals surface area contributed by atoms with Crippen molar-refractivity contribution < 1.29 is 0 Å². The summed E-state index contributed by atoms with van der Waals surface area (Å²) in [5, 5.41) is 4.18. The highest BCUT2D eigenvalue weighted by atomic mass is 32.2. The van der Waals surface area contributed by atoms with Crippen molar-refractivity contribution in [3.63, 3.8) is 0 Å². The minimum Gasteiger partial charge on any atom is -0.397 e. The first kappa shape index (κ1) is 12.4. The monoisotopic (exact) mass is 265 g/mol. The molecular formula is C12H15N3S2. The number of hydrogen-bond donors (Lipinski definition) is 1. The molecule has 2 N–H and O–H groups in total. The van der Waals surface area contributed by atoms with E-state index in [1.165, 1.54) is 5.01 Å². The van der Waals surface area contributed by atoms with Gasteiger partial charge >= 0.3 is 0 Å². The third kappa shape index (κ3) is 3.20. The van der Waals surface area contributed by atoms with E-state index in [4.69, 9.17) is 5.73 Å². The number of hydrogen-bond acceptors (Lipinski definition) is 5. The molecule has 5 heteroatoms. The number of aromatic nitrogens is 2. The van der Waals surface area contributed by atoms with Gasteiger partial charge in [0.05, 0.1) is 16.4 Å². The molecule has 0 amide bonds. The van der Waals surface area contributed by atoms with Crippen LogP contribution in [-0.4, -0.2) is 9.97 Å². The summed E-state index contributed by atoms with van der Waals surface area (Å²) in [4.78, 5) is 8.83. The third-order valence-corrected chi connectivity index (χ3v) is 4.47. The zero-order valence-electron chi connectivity index (χ0n) is 9.88. The van der Waals surface area contributed by atoms with Crippen LogP contribution >= 0.6 is 23.1 Å². The van der Waals surface area contributed by atoms with E-state index in [2.05, 4.69) is 29.2 Å². The molecule has 2 aromatic heterocycles. The van der Waals surface area contributed by atoms with E-state index in [0.717, 1.165) is 22.2 Å². The SMILES string of the molecule is CC(C)c1nc(CSc2ncccc2N)cs1. The molecule has 0 aliphatic carbocycles. The fourth-order valence-electron chi connectivity index (χ4n) is 1.32. The van der Waals surface area contributed by atoms with Gasteiger partial charge in [0.1, 0.15) is 5.03 Å². The number of anilines is 1. The van der Waals surface area contributed by atoms with Gasteiger partial charge < -0.3 is 5.73 Å². The second-order valence-corrected chi connectivity index (χ2v) is 5.87. The van der Waals surface area contributed by atoms with Gasteiger partial charge in [-0.25, -0.2) is 9.97 Å². The smallest absolute Gasteiger partial charge is 0.119 e. The molecule has 0 saturated carbocycles. The molecule has 3 nitrogen and oxygen atoms in total. The molecule has 0 fully saturated rings. The predicted octanol–water partition coefficient (Wildman–Crippen LogP) is 3.54. The van der Waals surface area contributed by atoms with E-state index in [1.54, 1.807) is 29.3 Å². The van der Waals surface area contributed by atoms with Gasteiger partial charge in [0.25, 0.3) is 0 Å². The number of thioether (sulfide) groups is 1. The molecule has 2 rings (SSSR count). The zero-order valence-corrected chi connectivity index (χ0v) is 11.5. The Bertz CT molecular complexity index is 494. The number of nitrogens with two attached hydrogens (primary N) is 1. The average molecular weight is 265 g/mol. The minimum atomic E-state index is 0.499. The van der Waals surface area contributed by atoms with Crippen LogP contribution in [-0.2, 0) is 5.75 Å². The van der Waals surface area contributed by atoms with E-state index in [0.29, 0.717) is 5.92 Å². The Balaban J connectivity index is 2.00. The van der Waals surface area contributed by atoms with Gasteiger partial charge in [-0.15, -0.1) is 11.3 Å². The maximum absolute atomic E-state index is 5.84. The molecule has 2 heterocycles. The predicted molar refractivity (Wildman–Crippen MR) is 74.4 cm³/mol. The van der Waals surface area contributed by atoms with Gasteiger partial charge in [-0.2, -0.15) is 0 Å². The largest absolute Gasteiger partial charge is 0.397 e. The summed E-state index contributed by atoms with van der Waals surface area (Å²) < 4.78 is 0. The van der Waals surface area contributed by atoms with Crippen molar-refractivity contribution in [2.75, 3.05) is 5.73 Å². The molecule has 0 aliphatic rings. The molecule has 0 bridgehead atoms. The molecular weight excluding hydrogens is 250 g/mol. The van der Waals surface area contributed by atoms with Crippen LogP contribution in [0.25, 0.3) is 0 Å². The van der Waals surface area contributed by atoms with E-state index in [-0.39, 0.29) is 0 Å². The molecule has 0 radical (unpaired) electrons. The first-order valence-corrected chi connectivity index (χ1v) is 7.31. The van der Waals surface area contributed by atoms with Crippen LogP contribution in [0.4, 0.5) is 5.69 Å². The summed E-state index contributed by atoms with van der Waals surface area (Å²) in [6.07, 6.45) is 1.76. The van der Waals surface area contributed by atoms with Crippen LogP contribution in [0.2, 0.25) is 0 Å². The summed E-state index contributed by atoms with van der Waals surface area (Å²) in [6.45, 7) is 4.32. The number of nitrogens with zero attached hydrogens (tertiary/aromatic N) is 2. The van der Waals surface area contributed by atoms with Crippen molar-refractivity contribution in [1.29, 1.82) is 0 Å². The average Bonchev–Trinajstić information content (AvgIpc) is 2.77. The highest BCUT2D eigenvalue weighted by Crippen LogP contribution is 2.27. The van der Waals surface area contributed by atoms with Crippen molar-refractivity contribution >= 4 is 28.8 Å². The lowest BCUT2D eigenvalue weighted by atomic mass is 10.2. The van der Waals surface area contributed by atoms with E-state index in [1.807, 2.05) is 12.1 Å². The van der Waals surface area contributed by atoms with Gasteiger partial charge in [-0.1, -0.05) is 25.6 Å². The quantitative estimate of drug-likeness (QED) is 0.859. The molecule has 0 saturated heterocycles. The van der Waals surface area contributed by atoms with Crippen LogP contribution < -0.4 is 5.73 Å². The Morgan fingerprint density at radius 3 is 2.94 bits per heavy atom. The normalized spacial score (nSPS) is 11.0. The van der Waals surface area contributed by atoms with Crippen molar-refractivity contribution in [1.82, 2.24) is 9.97 Å². The molecule has 17 heavy (non-hydrogen) atoms. The van der Waals surface area contributed by atoms with Crippen molar-refractivity contribution in [2.24, 2.45) is 0 Å².